The van der Waals surface area contributed by atoms with Gasteiger partial charge in [0.2, 0.25) is 0 Å². The maximum atomic E-state index is 11.2. The predicted molar refractivity (Wildman–Crippen MR) is 150 cm³/mol. The van der Waals surface area contributed by atoms with Crippen LogP contribution >= 0.6 is 23.2 Å². The molecule has 0 bridgehead atoms. The summed E-state index contributed by atoms with van der Waals surface area (Å²) in [5.41, 5.74) is 4.64. The third kappa shape index (κ3) is 5.99. The van der Waals surface area contributed by atoms with Crippen molar-refractivity contribution in [2.45, 2.75) is 26.4 Å². The maximum Gasteiger partial charge on any atom is 0.354 e. The minimum Gasteiger partial charge on any atom is -0.489 e. The molecule has 2 aromatic heterocycles. The Labute approximate surface area is 272 Å². The molecule has 5 rings (SSSR count). The Morgan fingerprint density at radius 3 is 2.32 bits per heavy atom. The van der Waals surface area contributed by atoms with Gasteiger partial charge < -0.3 is 14.4 Å². The van der Waals surface area contributed by atoms with E-state index in [4.69, 9.17) is 37.6 Å². The van der Waals surface area contributed by atoms with Crippen LogP contribution in [0.5, 0.6) is 5.75 Å². The molecule has 6 nitrogen and oxygen atoms in total. The molecule has 38 heavy (non-hydrogen) atoms. The van der Waals surface area contributed by atoms with Gasteiger partial charge in [-0.25, -0.2) is 9.78 Å². The van der Waals surface area contributed by atoms with E-state index in [2.05, 4.69) is 10.1 Å². The topological polar surface area (TPSA) is 85.5 Å². The number of pyridine rings is 1. The van der Waals surface area contributed by atoms with Gasteiger partial charge in [0.05, 0.1) is 21.1 Å². The van der Waals surface area contributed by atoms with Crippen LogP contribution in [0.3, 0.4) is 0 Å². The number of carboxylic acids is 1. The molecule has 0 atom stereocenters. The standard InChI is InChI=1S/C29H22Cl2N2O4.K/c1-16(2)28-21(27(33-37-28)26-22(30)4-3-5-23(26)31)15-36-20-10-6-17(7-11-20)18-8-12-24-19(14-18)9-13-25(32-24)29(34)35;/h3-14,16H,15H2,1-2H3,(H,34,35);. The molecule has 9 heteroatoms. The molecule has 0 saturated carbocycles. The Kier molecular flexibility index (Phi) is 9.31. The fourth-order valence-corrected chi connectivity index (χ4v) is 4.74. The zero-order chi connectivity index (χ0) is 26.1. The summed E-state index contributed by atoms with van der Waals surface area (Å²) < 4.78 is 11.8. The normalized spacial score (nSPS) is 11.0. The minimum atomic E-state index is -1.05. The van der Waals surface area contributed by atoms with E-state index in [1.807, 2.05) is 56.3 Å². The molecule has 5 aromatic rings. The van der Waals surface area contributed by atoms with E-state index in [0.717, 1.165) is 27.8 Å². The van der Waals surface area contributed by atoms with Gasteiger partial charge in [0, 0.05) is 68.3 Å². The van der Waals surface area contributed by atoms with E-state index in [1.54, 1.807) is 24.3 Å². The van der Waals surface area contributed by atoms with Crippen molar-refractivity contribution >= 4 is 91.5 Å². The quantitative estimate of drug-likeness (QED) is 0.200. The Hall–Kier alpha value is -2.23. The van der Waals surface area contributed by atoms with Gasteiger partial charge in [-0.05, 0) is 53.6 Å². The van der Waals surface area contributed by atoms with Crippen LogP contribution in [0.15, 0.2) is 77.3 Å². The average Bonchev–Trinajstić information content (AvgIpc) is 3.31. The molecule has 2 heterocycles. The van der Waals surface area contributed by atoms with Crippen LogP contribution in [0, 0.1) is 0 Å². The van der Waals surface area contributed by atoms with Gasteiger partial charge in [-0.15, -0.1) is 0 Å². The number of benzene rings is 3. The Morgan fingerprint density at radius 1 is 0.974 bits per heavy atom. The zero-order valence-corrected chi connectivity index (χ0v) is 25.7. The average molecular weight is 573 g/mol. The van der Waals surface area contributed by atoms with E-state index >= 15 is 0 Å². The minimum absolute atomic E-state index is 0. The number of rotatable bonds is 7. The van der Waals surface area contributed by atoms with Gasteiger partial charge in [-0.2, -0.15) is 0 Å². The molecule has 3 aromatic carbocycles. The largest absolute Gasteiger partial charge is 0.489 e. The van der Waals surface area contributed by atoms with E-state index in [-0.39, 0.29) is 69.6 Å². The van der Waals surface area contributed by atoms with E-state index in [9.17, 15) is 4.79 Å². The third-order valence-corrected chi connectivity index (χ3v) is 6.65. The summed E-state index contributed by atoms with van der Waals surface area (Å²) >= 11 is 12.9. The number of hydrogen-bond acceptors (Lipinski definition) is 5. The Balaban J connectivity index is 0.00000336. The number of halogens is 2. The summed E-state index contributed by atoms with van der Waals surface area (Å²) in [6.45, 7) is 4.29. The van der Waals surface area contributed by atoms with Crippen LogP contribution in [0.4, 0.5) is 0 Å². The van der Waals surface area contributed by atoms with Crippen molar-refractivity contribution in [3.63, 3.8) is 0 Å². The molecule has 1 N–H and O–H groups in total. The molecule has 0 unspecified atom stereocenters. The van der Waals surface area contributed by atoms with Gasteiger partial charge in [-0.3, -0.25) is 0 Å². The van der Waals surface area contributed by atoms with Crippen molar-refractivity contribution in [1.82, 2.24) is 10.1 Å². The molecule has 187 valence electrons. The number of ether oxygens (including phenoxy) is 1. The summed E-state index contributed by atoms with van der Waals surface area (Å²) in [6.07, 6.45) is 0. The molecule has 0 aliphatic heterocycles. The van der Waals surface area contributed by atoms with E-state index in [1.165, 1.54) is 6.07 Å². The summed E-state index contributed by atoms with van der Waals surface area (Å²) in [5, 5.41) is 15.3. The van der Waals surface area contributed by atoms with Gasteiger partial charge in [0.1, 0.15) is 29.5 Å². The van der Waals surface area contributed by atoms with Crippen LogP contribution in [-0.4, -0.2) is 72.6 Å². The van der Waals surface area contributed by atoms with Crippen molar-refractivity contribution in [2.75, 3.05) is 0 Å². The molecule has 0 aliphatic carbocycles. The molecular weight excluding hydrogens is 550 g/mol. The first-order valence-electron chi connectivity index (χ1n) is 11.6. The van der Waals surface area contributed by atoms with Crippen molar-refractivity contribution in [1.29, 1.82) is 0 Å². The van der Waals surface area contributed by atoms with Crippen LogP contribution < -0.4 is 4.74 Å². The second-order valence-corrected chi connectivity index (χ2v) is 9.66. The number of fused-ring (bicyclic) bond motifs is 1. The van der Waals surface area contributed by atoms with Crippen molar-refractivity contribution in [2.24, 2.45) is 0 Å². The predicted octanol–water partition coefficient (Wildman–Crippen LogP) is 7.88. The number of carbonyl (C=O) groups is 1. The van der Waals surface area contributed by atoms with Gasteiger partial charge >= 0.3 is 5.97 Å². The summed E-state index contributed by atoms with van der Waals surface area (Å²) in [5.74, 6) is 0.454. The van der Waals surface area contributed by atoms with E-state index < -0.39 is 5.97 Å². The first-order valence-corrected chi connectivity index (χ1v) is 12.4. The SMILES string of the molecule is CC(C)c1onc(-c2c(Cl)cccc2Cl)c1COc1ccc(-c2ccc3nc(C(=O)O)ccc3c2)cc1.[K]. The maximum absolute atomic E-state index is 11.2. The number of carboxylic acid groups (broad SMARTS) is 1. The monoisotopic (exact) mass is 571 g/mol. The van der Waals surface area contributed by atoms with Crippen LogP contribution in [-0.2, 0) is 6.61 Å². The van der Waals surface area contributed by atoms with Crippen LogP contribution in [0.2, 0.25) is 10.0 Å². The molecule has 0 aliphatic rings. The fourth-order valence-electron chi connectivity index (χ4n) is 4.16. The van der Waals surface area contributed by atoms with Gasteiger partial charge in [0.25, 0.3) is 0 Å². The summed E-state index contributed by atoms with van der Waals surface area (Å²) in [4.78, 5) is 15.4. The number of nitrogens with zero attached hydrogens (tertiary/aromatic N) is 2. The van der Waals surface area contributed by atoms with Gasteiger partial charge in [-0.1, -0.05) is 72.5 Å². The number of aromatic nitrogens is 2. The molecular formula is C29H22Cl2KN2O4. The van der Waals surface area contributed by atoms with Crippen molar-refractivity contribution in [3.05, 3.63) is 99.9 Å². The van der Waals surface area contributed by atoms with Gasteiger partial charge in [0.15, 0.2) is 0 Å². The third-order valence-electron chi connectivity index (χ3n) is 6.02. The summed E-state index contributed by atoms with van der Waals surface area (Å²) in [6, 6.07) is 22.1. The van der Waals surface area contributed by atoms with Crippen molar-refractivity contribution < 1.29 is 19.2 Å². The molecule has 1 radical (unpaired) electrons. The van der Waals surface area contributed by atoms with Crippen LogP contribution in [0.1, 0.15) is 41.6 Å². The molecule has 0 amide bonds. The first-order chi connectivity index (χ1) is 17.8. The molecule has 0 fully saturated rings. The number of hydrogen-bond donors (Lipinski definition) is 1. The first kappa shape index (κ1) is 28.8. The van der Waals surface area contributed by atoms with Crippen LogP contribution in [0.25, 0.3) is 33.3 Å². The second kappa shape index (κ2) is 12.3. The molecule has 0 saturated heterocycles. The molecule has 0 spiro atoms. The Morgan fingerprint density at radius 2 is 1.66 bits per heavy atom. The fraction of sp³-hybridized carbons (Fsp3) is 0.138. The van der Waals surface area contributed by atoms with Crippen molar-refractivity contribution in [3.8, 4) is 28.1 Å². The zero-order valence-electron chi connectivity index (χ0n) is 21.0. The second-order valence-electron chi connectivity index (χ2n) is 8.85. The smallest absolute Gasteiger partial charge is 0.354 e. The summed E-state index contributed by atoms with van der Waals surface area (Å²) in [7, 11) is 0. The number of aromatic carboxylic acids is 1. The van der Waals surface area contributed by atoms with E-state index in [0.29, 0.717) is 32.6 Å². The Bertz CT molecular complexity index is 1600.